The molecular formula is C48H82O19. The largest absolute Gasteiger partial charge is 0.394 e. The van der Waals surface area contributed by atoms with Gasteiger partial charge >= 0.3 is 0 Å². The zero-order valence-electron chi connectivity index (χ0n) is 40.2. The average molecular weight is 963 g/mol. The smallest absolute Gasteiger partial charge is 0.187 e. The van der Waals surface area contributed by atoms with Crippen molar-refractivity contribution < 1.29 is 94.8 Å². The summed E-state index contributed by atoms with van der Waals surface area (Å²) in [5.41, 5.74) is -2.06. The topological polar surface area (TPSA) is 318 Å². The lowest BCUT2D eigenvalue weighted by Crippen LogP contribution is -2.68. The number of rotatable bonds is 14. The van der Waals surface area contributed by atoms with Crippen LogP contribution in [0.25, 0.3) is 0 Å². The minimum atomic E-state index is -1.80. The van der Waals surface area contributed by atoms with Crippen LogP contribution >= 0.6 is 0 Å². The van der Waals surface area contributed by atoms with Crippen molar-refractivity contribution in [3.63, 3.8) is 0 Å². The molecule has 19 heteroatoms. The van der Waals surface area contributed by atoms with Crippen molar-refractivity contribution in [2.24, 2.45) is 45.3 Å². The van der Waals surface area contributed by atoms with Gasteiger partial charge in [0.05, 0.1) is 43.7 Å². The number of fused-ring (bicyclic) bond motifs is 5. The molecule has 7 aliphatic rings. The van der Waals surface area contributed by atoms with Gasteiger partial charge in [0, 0.05) is 0 Å². The van der Waals surface area contributed by atoms with Gasteiger partial charge in [-0.15, -0.1) is 0 Å². The van der Waals surface area contributed by atoms with E-state index in [-0.39, 0.29) is 40.9 Å². The highest BCUT2D eigenvalue weighted by Crippen LogP contribution is 2.76. The number of hydrogen-bond acceptors (Lipinski definition) is 19. The first-order valence-electron chi connectivity index (χ1n) is 24.5. The number of hydrogen-bond donors (Lipinski definition) is 13. The van der Waals surface area contributed by atoms with Crippen LogP contribution in [0.3, 0.4) is 0 Å². The third-order valence-corrected chi connectivity index (χ3v) is 19.1. The maximum atomic E-state index is 12.7. The van der Waals surface area contributed by atoms with Gasteiger partial charge in [-0.3, -0.25) is 0 Å². The van der Waals surface area contributed by atoms with Crippen LogP contribution in [0.1, 0.15) is 106 Å². The highest BCUT2D eigenvalue weighted by molar-refractivity contribution is 5.20. The van der Waals surface area contributed by atoms with Gasteiger partial charge in [-0.2, -0.15) is 0 Å². The van der Waals surface area contributed by atoms with Crippen LogP contribution < -0.4 is 0 Å². The zero-order valence-corrected chi connectivity index (χ0v) is 40.2. The van der Waals surface area contributed by atoms with Crippen molar-refractivity contribution >= 4 is 0 Å². The van der Waals surface area contributed by atoms with E-state index in [1.165, 1.54) is 0 Å². The first-order valence-corrected chi connectivity index (χ1v) is 24.5. The molecule has 0 aromatic carbocycles. The molecule has 0 radical (unpaired) electrons. The molecular weight excluding hydrogens is 881 g/mol. The molecule has 2 unspecified atom stereocenters. The van der Waals surface area contributed by atoms with Crippen molar-refractivity contribution in [1.29, 1.82) is 0 Å². The quantitative estimate of drug-likeness (QED) is 0.0729. The summed E-state index contributed by atoms with van der Waals surface area (Å²) in [5, 5.41) is 140. The summed E-state index contributed by atoms with van der Waals surface area (Å²) in [5.74, 6) is -0.446. The van der Waals surface area contributed by atoms with Crippen LogP contribution in [0, 0.1) is 45.3 Å². The second-order valence-electron chi connectivity index (χ2n) is 23.0. The summed E-state index contributed by atoms with van der Waals surface area (Å²) >= 11 is 0. The highest BCUT2D eigenvalue weighted by atomic mass is 16.8. The molecule has 0 bridgehead atoms. The molecule has 4 saturated carbocycles. The van der Waals surface area contributed by atoms with Crippen LogP contribution in [-0.4, -0.2) is 202 Å². The molecule has 67 heavy (non-hydrogen) atoms. The molecule has 3 heterocycles. The van der Waals surface area contributed by atoms with E-state index in [1.807, 2.05) is 6.92 Å². The van der Waals surface area contributed by atoms with E-state index in [0.29, 0.717) is 37.7 Å². The zero-order chi connectivity index (χ0) is 49.5. The van der Waals surface area contributed by atoms with Crippen LogP contribution in [0.5, 0.6) is 0 Å². The summed E-state index contributed by atoms with van der Waals surface area (Å²) < 4.78 is 37.1. The predicted molar refractivity (Wildman–Crippen MR) is 235 cm³/mol. The van der Waals surface area contributed by atoms with Crippen molar-refractivity contribution in [2.75, 3.05) is 19.8 Å². The highest BCUT2D eigenvalue weighted by Gasteiger charge is 2.72. The Kier molecular flexibility index (Phi) is 15.9. The minimum absolute atomic E-state index is 0.0563. The molecule has 0 aromatic heterocycles. The molecule has 19 nitrogen and oxygen atoms in total. The lowest BCUT2D eigenvalue weighted by molar-refractivity contribution is -0.378. The van der Waals surface area contributed by atoms with E-state index >= 15 is 0 Å². The Balaban J connectivity index is 1.13. The maximum Gasteiger partial charge on any atom is 0.187 e. The van der Waals surface area contributed by atoms with E-state index in [4.69, 9.17) is 28.4 Å². The van der Waals surface area contributed by atoms with E-state index in [9.17, 15) is 66.4 Å². The molecule has 0 spiro atoms. The van der Waals surface area contributed by atoms with E-state index in [1.54, 1.807) is 6.92 Å². The third-order valence-electron chi connectivity index (χ3n) is 19.1. The van der Waals surface area contributed by atoms with Gasteiger partial charge in [-0.05, 0) is 117 Å². The van der Waals surface area contributed by atoms with Crippen molar-refractivity contribution in [1.82, 2.24) is 0 Å². The molecule has 0 aromatic rings. The monoisotopic (exact) mass is 963 g/mol. The molecule has 3 saturated heterocycles. The summed E-state index contributed by atoms with van der Waals surface area (Å²) in [4.78, 5) is 0. The van der Waals surface area contributed by atoms with Gasteiger partial charge < -0.3 is 94.8 Å². The molecule has 388 valence electrons. The molecule has 7 fully saturated rings. The summed E-state index contributed by atoms with van der Waals surface area (Å²) in [6, 6.07) is 0. The Morgan fingerprint density at radius 3 is 1.73 bits per heavy atom. The molecule has 0 amide bonds. The molecule has 3 aliphatic heterocycles. The standard InChI is InChI=1S/C48H82O19/c1-21(2)23(52)10-16-48(8,67-42-39(61)36(58)33(55)26(19-50)63-42)22-9-14-47(7)31(22)24(53)17-29-45(5)13-12-30(44(3,4)28(45)11-15-46(29,47)6)65-43-40(37(59)34(56)27(20-51)64-43)66-41-38(60)35(57)32(54)25(18-49)62-41/h22-43,49-61H,1,9-20H2,2-8H3/t22-,23-,24+,25+,26+,27+,28?,29+,30-,31?,32+,33+,34+,35-,36-,37-,38+,39+,40+,41-,42-,43-,45-,46+,47+,48-/m0/s1. The number of aliphatic hydroxyl groups excluding tert-OH is 13. The molecule has 7 rings (SSSR count). The minimum Gasteiger partial charge on any atom is -0.394 e. The lowest BCUT2D eigenvalue weighted by Gasteiger charge is -2.71. The first kappa shape index (κ1) is 53.8. The van der Waals surface area contributed by atoms with Gasteiger partial charge in [0.25, 0.3) is 0 Å². The normalized spacial score (nSPS) is 52.3. The Hall–Kier alpha value is -1.02. The first-order chi connectivity index (χ1) is 31.3. The van der Waals surface area contributed by atoms with Crippen LogP contribution in [0.2, 0.25) is 0 Å². The second kappa shape index (κ2) is 19.8. The van der Waals surface area contributed by atoms with E-state index in [2.05, 4.69) is 41.2 Å². The van der Waals surface area contributed by atoms with Crippen molar-refractivity contribution in [3.05, 3.63) is 12.2 Å². The summed E-state index contributed by atoms with van der Waals surface area (Å²) in [6.45, 7) is 16.8. The van der Waals surface area contributed by atoms with Gasteiger partial charge in [0.2, 0.25) is 0 Å². The predicted octanol–water partition coefficient (Wildman–Crippen LogP) is -1.06. The van der Waals surface area contributed by atoms with Crippen molar-refractivity contribution in [3.8, 4) is 0 Å². The van der Waals surface area contributed by atoms with Gasteiger partial charge in [-0.1, -0.05) is 46.8 Å². The van der Waals surface area contributed by atoms with Crippen LogP contribution in [0.15, 0.2) is 12.2 Å². The van der Waals surface area contributed by atoms with Crippen LogP contribution in [0.4, 0.5) is 0 Å². The Bertz CT molecular complexity index is 1700. The fourth-order valence-corrected chi connectivity index (χ4v) is 14.9. The van der Waals surface area contributed by atoms with Gasteiger partial charge in [-0.25, -0.2) is 0 Å². The SMILES string of the molecule is C=C(C)[C@@H](O)CC[C@](C)(O[C@@H]1O[C@H](CO)[C@@H](O)[C@H](O)[C@H]1O)[C@H]1CC[C@]2(C)C1[C@H](O)C[C@@H]1[C@@]3(C)CC[C@H](O[C@@H]4O[C@H](CO)[C@@H](O)[C@H](O)[C@H]4O[C@@H]4O[C@H](CO)[C@@H](O)[C@H](O)[C@H]4O)C(C)(C)C3CC[C@]12C. The van der Waals surface area contributed by atoms with E-state index in [0.717, 1.165) is 19.3 Å². The average Bonchev–Trinajstić information content (AvgIpc) is 3.67. The Morgan fingerprint density at radius 1 is 0.642 bits per heavy atom. The Morgan fingerprint density at radius 2 is 1.16 bits per heavy atom. The van der Waals surface area contributed by atoms with E-state index < -0.39 is 147 Å². The fraction of sp³-hybridized carbons (Fsp3) is 0.958. The molecule has 4 aliphatic carbocycles. The second-order valence-corrected chi connectivity index (χ2v) is 23.0. The number of aliphatic hydroxyl groups is 13. The third kappa shape index (κ3) is 9.03. The summed E-state index contributed by atoms with van der Waals surface area (Å²) in [7, 11) is 0. The Labute approximate surface area is 393 Å². The summed E-state index contributed by atoms with van der Waals surface area (Å²) in [6.07, 6.45) is -19.9. The maximum absolute atomic E-state index is 12.7. The number of ether oxygens (including phenoxy) is 6. The molecule has 13 N–H and O–H groups in total. The lowest BCUT2D eigenvalue weighted by atomic mass is 9.35. The van der Waals surface area contributed by atoms with Gasteiger partial charge in [0.1, 0.15) is 73.2 Å². The van der Waals surface area contributed by atoms with Gasteiger partial charge in [0.15, 0.2) is 18.9 Å². The molecule has 26 atom stereocenters. The van der Waals surface area contributed by atoms with Crippen molar-refractivity contribution in [2.45, 2.75) is 222 Å². The van der Waals surface area contributed by atoms with Crippen LogP contribution in [-0.2, 0) is 28.4 Å². The fourth-order valence-electron chi connectivity index (χ4n) is 14.9.